The van der Waals surface area contributed by atoms with Gasteiger partial charge in [0.25, 0.3) is 0 Å². The molecule has 0 aliphatic carbocycles. The Morgan fingerprint density at radius 3 is 2.11 bits per heavy atom. The van der Waals surface area contributed by atoms with Gasteiger partial charge in [0.2, 0.25) is 0 Å². The van der Waals surface area contributed by atoms with E-state index in [1.54, 1.807) is 0 Å². The van der Waals surface area contributed by atoms with E-state index in [4.69, 9.17) is 0 Å². The van der Waals surface area contributed by atoms with Crippen molar-refractivity contribution < 1.29 is 43.8 Å². The van der Waals surface area contributed by atoms with Gasteiger partial charge in [-0.15, -0.1) is 0 Å². The van der Waals surface area contributed by atoms with Gasteiger partial charge < -0.3 is 9.90 Å². The van der Waals surface area contributed by atoms with Gasteiger partial charge in [-0.1, -0.05) is 54.6 Å². The molecule has 4 nitrogen and oxygen atoms in total. The van der Waals surface area contributed by atoms with Gasteiger partial charge in [0.05, 0.1) is 17.2 Å². The molecule has 3 aromatic carbocycles. The van der Waals surface area contributed by atoms with Crippen molar-refractivity contribution in [2.24, 2.45) is 0 Å². The van der Waals surface area contributed by atoms with Crippen molar-refractivity contribution in [1.82, 2.24) is 9.97 Å². The van der Waals surface area contributed by atoms with Gasteiger partial charge in [0, 0.05) is 10.9 Å². The number of hydrogen-bond acceptors (Lipinski definition) is 4. The number of carbonyl (C=O) groups is 1. The Morgan fingerprint density at radius 1 is 0.815 bits per heavy atom. The van der Waals surface area contributed by atoms with Gasteiger partial charge in [0.15, 0.2) is 5.82 Å². The molecule has 0 fully saturated rings. The van der Waals surface area contributed by atoms with Crippen molar-refractivity contribution in [3.63, 3.8) is 0 Å². The van der Waals surface area contributed by atoms with Crippen molar-refractivity contribution in [2.75, 3.05) is 0 Å². The molecule has 0 amide bonds. The van der Waals surface area contributed by atoms with Crippen LogP contribution in [0.1, 0.15) is 10.5 Å². The number of aromatic nitrogens is 2. The molecule has 0 aliphatic heterocycles. The minimum Gasteiger partial charge on any atom is -0.543 e. The Hall–Kier alpha value is -2.60. The first-order chi connectivity index (χ1) is 12.6. The molecular formula is C21H12FN2NaO2. The van der Waals surface area contributed by atoms with Gasteiger partial charge in [0.1, 0.15) is 5.82 Å². The van der Waals surface area contributed by atoms with E-state index in [-0.39, 0.29) is 46.5 Å². The minimum absolute atomic E-state index is 0. The smallest absolute Gasteiger partial charge is 0.543 e. The third-order valence-electron chi connectivity index (χ3n) is 4.10. The number of nitrogens with zero attached hydrogens (tertiary/aromatic N) is 2. The van der Waals surface area contributed by atoms with Crippen LogP contribution in [-0.2, 0) is 0 Å². The fraction of sp³-hybridized carbons (Fsp3) is 0. The van der Waals surface area contributed by atoms with Crippen LogP contribution < -0.4 is 34.7 Å². The normalized spacial score (nSPS) is 10.4. The third kappa shape index (κ3) is 3.90. The van der Waals surface area contributed by atoms with Gasteiger partial charge >= 0.3 is 29.6 Å². The van der Waals surface area contributed by atoms with Crippen LogP contribution in [0.5, 0.6) is 0 Å². The van der Waals surface area contributed by atoms with Crippen LogP contribution in [0.25, 0.3) is 33.4 Å². The van der Waals surface area contributed by atoms with Crippen LogP contribution in [0.15, 0.2) is 72.8 Å². The number of carbonyl (C=O) groups excluding carboxylic acids is 1. The summed E-state index contributed by atoms with van der Waals surface area (Å²) >= 11 is 0. The maximum absolute atomic E-state index is 13.4. The van der Waals surface area contributed by atoms with Crippen LogP contribution in [-0.4, -0.2) is 15.9 Å². The largest absolute Gasteiger partial charge is 1.00 e. The number of carboxylic acid groups (broad SMARTS) is 1. The molecule has 4 rings (SSSR count). The summed E-state index contributed by atoms with van der Waals surface area (Å²) < 4.78 is 13.4. The predicted molar refractivity (Wildman–Crippen MR) is 94.7 cm³/mol. The average molecular weight is 366 g/mol. The molecule has 0 spiro atoms. The summed E-state index contributed by atoms with van der Waals surface area (Å²) in [5.41, 5.74) is 2.79. The maximum Gasteiger partial charge on any atom is 1.00 e. The minimum atomic E-state index is -1.47. The summed E-state index contributed by atoms with van der Waals surface area (Å²) in [5, 5.41) is 11.5. The summed E-state index contributed by atoms with van der Waals surface area (Å²) in [6.45, 7) is 0. The van der Waals surface area contributed by atoms with Crippen LogP contribution in [0, 0.1) is 5.82 Å². The first-order valence-electron chi connectivity index (χ1n) is 7.96. The molecule has 0 bridgehead atoms. The average Bonchev–Trinajstić information content (AvgIpc) is 2.68. The second kappa shape index (κ2) is 7.96. The Balaban J connectivity index is 0.00000210. The standard InChI is InChI=1S/C21H13FN2O2.Na/c22-16-10-11-18-17(12-16)19(21(25)26)24-20(23-18)15-8-6-14(7-9-15)13-4-2-1-3-5-13;/h1-12H,(H,25,26);/q;+1/p-1. The Bertz CT molecular complexity index is 1120. The molecule has 6 heteroatoms. The number of hydrogen-bond donors (Lipinski definition) is 0. The van der Waals surface area contributed by atoms with E-state index in [1.165, 1.54) is 12.1 Å². The second-order valence-corrected chi connectivity index (χ2v) is 5.79. The molecule has 0 N–H and O–H groups in total. The molecule has 1 aromatic heterocycles. The van der Waals surface area contributed by atoms with Gasteiger partial charge in [-0.2, -0.15) is 0 Å². The molecule has 0 atom stereocenters. The number of fused-ring (bicyclic) bond motifs is 1. The number of benzene rings is 3. The monoisotopic (exact) mass is 366 g/mol. The molecule has 0 aliphatic rings. The van der Waals surface area contributed by atoms with E-state index in [1.807, 2.05) is 54.6 Å². The SMILES string of the molecule is O=C([O-])c1nc(-c2ccc(-c3ccccc3)cc2)nc2ccc(F)cc12.[Na+]. The number of rotatable bonds is 3. The Kier molecular flexibility index (Phi) is 5.65. The third-order valence-corrected chi connectivity index (χ3v) is 4.10. The molecule has 27 heavy (non-hydrogen) atoms. The van der Waals surface area contributed by atoms with Gasteiger partial charge in [-0.3, -0.25) is 0 Å². The van der Waals surface area contributed by atoms with E-state index in [0.717, 1.165) is 17.2 Å². The fourth-order valence-corrected chi connectivity index (χ4v) is 2.83. The molecule has 0 unspecified atom stereocenters. The second-order valence-electron chi connectivity index (χ2n) is 5.79. The Labute approximate surface area is 177 Å². The van der Waals surface area contributed by atoms with E-state index < -0.39 is 11.8 Å². The first-order valence-corrected chi connectivity index (χ1v) is 7.96. The van der Waals surface area contributed by atoms with Crippen molar-refractivity contribution in [3.05, 3.63) is 84.3 Å². The van der Waals surface area contributed by atoms with Crippen molar-refractivity contribution in [2.45, 2.75) is 0 Å². The molecular weight excluding hydrogens is 354 g/mol. The zero-order valence-electron chi connectivity index (χ0n) is 14.5. The van der Waals surface area contributed by atoms with Crippen LogP contribution >= 0.6 is 0 Å². The number of aromatic carboxylic acids is 1. The summed E-state index contributed by atoms with van der Waals surface area (Å²) in [6, 6.07) is 21.1. The molecule has 126 valence electrons. The van der Waals surface area contributed by atoms with E-state index in [0.29, 0.717) is 11.1 Å². The van der Waals surface area contributed by atoms with E-state index in [2.05, 4.69) is 9.97 Å². The molecule has 4 aromatic rings. The van der Waals surface area contributed by atoms with Crippen molar-refractivity contribution in [3.8, 4) is 22.5 Å². The van der Waals surface area contributed by atoms with Crippen LogP contribution in [0.2, 0.25) is 0 Å². The topological polar surface area (TPSA) is 65.9 Å². The van der Waals surface area contributed by atoms with E-state index >= 15 is 0 Å². The predicted octanol–water partition coefficient (Wildman–Crippen LogP) is 0.470. The number of carboxylic acids is 1. The zero-order chi connectivity index (χ0) is 18.1. The number of halogens is 1. The summed E-state index contributed by atoms with van der Waals surface area (Å²) in [7, 11) is 0. The van der Waals surface area contributed by atoms with Gasteiger partial charge in [-0.05, 0) is 29.3 Å². The fourth-order valence-electron chi connectivity index (χ4n) is 2.83. The van der Waals surface area contributed by atoms with Gasteiger partial charge in [-0.25, -0.2) is 14.4 Å². The molecule has 0 saturated heterocycles. The Morgan fingerprint density at radius 2 is 1.44 bits per heavy atom. The van der Waals surface area contributed by atoms with E-state index in [9.17, 15) is 14.3 Å². The van der Waals surface area contributed by atoms with Crippen LogP contribution in [0.4, 0.5) is 4.39 Å². The zero-order valence-corrected chi connectivity index (χ0v) is 16.5. The molecule has 0 radical (unpaired) electrons. The maximum atomic E-state index is 13.4. The summed E-state index contributed by atoms with van der Waals surface area (Å²) in [6.07, 6.45) is 0. The van der Waals surface area contributed by atoms with Crippen molar-refractivity contribution in [1.29, 1.82) is 0 Å². The summed E-state index contributed by atoms with van der Waals surface area (Å²) in [4.78, 5) is 19.9. The quantitative estimate of drug-likeness (QED) is 0.495. The molecule has 1 heterocycles. The van der Waals surface area contributed by atoms with Crippen LogP contribution in [0.3, 0.4) is 0 Å². The first kappa shape index (κ1) is 19.2. The summed E-state index contributed by atoms with van der Waals surface area (Å²) in [5.74, 6) is -1.77. The molecule has 0 saturated carbocycles. The van der Waals surface area contributed by atoms with Crippen molar-refractivity contribution >= 4 is 16.9 Å².